The lowest BCUT2D eigenvalue weighted by Crippen LogP contribution is -2.36. The van der Waals surface area contributed by atoms with E-state index in [1.807, 2.05) is 4.90 Å². The third kappa shape index (κ3) is 5.32. The molecule has 162 valence electrons. The first-order valence-electron chi connectivity index (χ1n) is 9.86. The van der Waals surface area contributed by atoms with Gasteiger partial charge in [-0.3, -0.25) is 0 Å². The molecule has 1 saturated heterocycles. The Morgan fingerprint density at radius 1 is 1.00 bits per heavy atom. The van der Waals surface area contributed by atoms with Crippen LogP contribution >= 0.6 is 0 Å². The first kappa shape index (κ1) is 21.1. The van der Waals surface area contributed by atoms with E-state index in [0.29, 0.717) is 30.0 Å². The van der Waals surface area contributed by atoms with Gasteiger partial charge in [-0.05, 0) is 30.9 Å². The standard InChI is InChI=1S/C21H22FN5O3S/c1-31(28,29)18-4-2-16(3-5-18)19-12-24-20(13-23-19)30-14-15-6-8-27(9-7-15)21-25-10-17(22)11-26-21/h2-5,10-13,15H,6-9,14H2,1H3. The Labute approximate surface area is 180 Å². The first-order chi connectivity index (χ1) is 14.9. The van der Waals surface area contributed by atoms with E-state index < -0.39 is 15.7 Å². The topological polar surface area (TPSA) is 98.2 Å². The summed E-state index contributed by atoms with van der Waals surface area (Å²) in [6.07, 6.45) is 8.55. The van der Waals surface area contributed by atoms with Crippen LogP contribution in [0, 0.1) is 11.7 Å². The van der Waals surface area contributed by atoms with Gasteiger partial charge in [0.1, 0.15) is 0 Å². The van der Waals surface area contributed by atoms with E-state index in [1.165, 1.54) is 18.6 Å². The quantitative estimate of drug-likeness (QED) is 0.574. The summed E-state index contributed by atoms with van der Waals surface area (Å²) in [5.74, 6) is 0.930. The molecule has 8 nitrogen and oxygen atoms in total. The minimum atomic E-state index is -3.23. The van der Waals surface area contributed by atoms with Gasteiger partial charge in [-0.2, -0.15) is 0 Å². The maximum Gasteiger partial charge on any atom is 0.232 e. The fraction of sp³-hybridized carbons (Fsp3) is 0.333. The molecule has 1 aliphatic rings. The molecular weight excluding hydrogens is 421 g/mol. The molecule has 0 spiro atoms. The predicted molar refractivity (Wildman–Crippen MR) is 113 cm³/mol. The number of halogens is 1. The van der Waals surface area contributed by atoms with Gasteiger partial charge in [0.2, 0.25) is 11.8 Å². The molecule has 0 bridgehead atoms. The highest BCUT2D eigenvalue weighted by molar-refractivity contribution is 7.90. The molecule has 2 aromatic heterocycles. The van der Waals surface area contributed by atoms with Crippen molar-refractivity contribution >= 4 is 15.8 Å². The third-order valence-electron chi connectivity index (χ3n) is 5.18. The fourth-order valence-corrected chi connectivity index (χ4v) is 4.01. The first-order valence-corrected chi connectivity index (χ1v) is 11.8. The van der Waals surface area contributed by atoms with E-state index in [-0.39, 0.29) is 4.90 Å². The monoisotopic (exact) mass is 443 g/mol. The molecule has 0 atom stereocenters. The largest absolute Gasteiger partial charge is 0.476 e. The third-order valence-corrected chi connectivity index (χ3v) is 6.31. The smallest absolute Gasteiger partial charge is 0.232 e. The van der Waals surface area contributed by atoms with Crippen molar-refractivity contribution in [3.05, 3.63) is 54.9 Å². The van der Waals surface area contributed by atoms with Crippen molar-refractivity contribution in [1.29, 1.82) is 0 Å². The molecule has 0 unspecified atom stereocenters. The number of hydrogen-bond acceptors (Lipinski definition) is 8. The van der Waals surface area contributed by atoms with E-state index in [4.69, 9.17) is 4.74 Å². The molecule has 1 aromatic carbocycles. The Bertz CT molecular complexity index is 1120. The number of hydrogen-bond donors (Lipinski definition) is 0. The summed E-state index contributed by atoms with van der Waals surface area (Å²) in [6, 6.07) is 6.53. The van der Waals surface area contributed by atoms with Gasteiger partial charge in [0.25, 0.3) is 0 Å². The number of benzene rings is 1. The van der Waals surface area contributed by atoms with Gasteiger partial charge >= 0.3 is 0 Å². The summed E-state index contributed by atoms with van der Waals surface area (Å²) in [6.45, 7) is 2.11. The summed E-state index contributed by atoms with van der Waals surface area (Å²) < 4.78 is 41.9. The van der Waals surface area contributed by atoms with Gasteiger partial charge in [-0.1, -0.05) is 12.1 Å². The Hall–Kier alpha value is -3.14. The molecule has 4 rings (SSSR count). The number of rotatable bonds is 6. The highest BCUT2D eigenvalue weighted by Gasteiger charge is 2.21. The Kier molecular flexibility index (Phi) is 6.08. The van der Waals surface area contributed by atoms with E-state index in [1.54, 1.807) is 36.7 Å². The molecular formula is C21H22FN5O3S. The normalized spacial score (nSPS) is 15.1. The molecule has 0 radical (unpaired) electrons. The molecule has 1 fully saturated rings. The lowest BCUT2D eigenvalue weighted by molar-refractivity contribution is 0.215. The number of anilines is 1. The van der Waals surface area contributed by atoms with E-state index in [9.17, 15) is 12.8 Å². The van der Waals surface area contributed by atoms with Gasteiger partial charge in [0.05, 0.1) is 42.0 Å². The average molecular weight is 444 g/mol. The molecule has 0 saturated carbocycles. The molecule has 3 heterocycles. The zero-order chi connectivity index (χ0) is 21.8. The van der Waals surface area contributed by atoms with Crippen LogP contribution in [0.2, 0.25) is 0 Å². The average Bonchev–Trinajstić information content (AvgIpc) is 2.78. The predicted octanol–water partition coefficient (Wildman–Crippen LogP) is 2.77. The van der Waals surface area contributed by atoms with Crippen LogP contribution in [0.1, 0.15) is 12.8 Å². The zero-order valence-electron chi connectivity index (χ0n) is 17.0. The van der Waals surface area contributed by atoms with Crippen molar-refractivity contribution in [3.8, 4) is 17.1 Å². The van der Waals surface area contributed by atoms with Gasteiger partial charge in [0.15, 0.2) is 15.7 Å². The molecule has 1 aliphatic heterocycles. The van der Waals surface area contributed by atoms with Crippen molar-refractivity contribution in [3.63, 3.8) is 0 Å². The van der Waals surface area contributed by atoms with Crippen molar-refractivity contribution in [2.45, 2.75) is 17.7 Å². The van der Waals surface area contributed by atoms with E-state index in [2.05, 4.69) is 19.9 Å². The second kappa shape index (κ2) is 8.93. The zero-order valence-corrected chi connectivity index (χ0v) is 17.8. The fourth-order valence-electron chi connectivity index (χ4n) is 3.38. The molecule has 0 amide bonds. The SMILES string of the molecule is CS(=O)(=O)c1ccc(-c2cnc(OCC3CCN(c4ncc(F)cn4)CC3)cn2)cc1. The number of piperidine rings is 1. The molecule has 0 aliphatic carbocycles. The van der Waals surface area contributed by atoms with Crippen molar-refractivity contribution < 1.29 is 17.5 Å². The summed E-state index contributed by atoms with van der Waals surface area (Å²) in [5, 5.41) is 0. The lowest BCUT2D eigenvalue weighted by Gasteiger charge is -2.31. The second-order valence-corrected chi connectivity index (χ2v) is 9.49. The number of aromatic nitrogens is 4. The van der Waals surface area contributed by atoms with Crippen LogP contribution < -0.4 is 9.64 Å². The Morgan fingerprint density at radius 2 is 1.68 bits per heavy atom. The number of ether oxygens (including phenoxy) is 1. The minimum absolute atomic E-state index is 0.265. The summed E-state index contributed by atoms with van der Waals surface area (Å²) in [4.78, 5) is 19.1. The van der Waals surface area contributed by atoms with Crippen LogP contribution in [-0.2, 0) is 9.84 Å². The van der Waals surface area contributed by atoms with Crippen molar-refractivity contribution in [2.75, 3.05) is 30.9 Å². The van der Waals surface area contributed by atoms with Crippen molar-refractivity contribution in [1.82, 2.24) is 19.9 Å². The molecule has 10 heteroatoms. The molecule has 0 N–H and O–H groups in total. The minimum Gasteiger partial charge on any atom is -0.476 e. The highest BCUT2D eigenvalue weighted by atomic mass is 32.2. The van der Waals surface area contributed by atoms with Crippen LogP contribution in [0.3, 0.4) is 0 Å². The van der Waals surface area contributed by atoms with Crippen LogP contribution in [-0.4, -0.2) is 54.3 Å². The van der Waals surface area contributed by atoms with Gasteiger partial charge < -0.3 is 9.64 Å². The second-order valence-electron chi connectivity index (χ2n) is 7.48. The Balaban J connectivity index is 1.28. The van der Waals surface area contributed by atoms with Crippen LogP contribution in [0.4, 0.5) is 10.3 Å². The van der Waals surface area contributed by atoms with Crippen LogP contribution in [0.25, 0.3) is 11.3 Å². The highest BCUT2D eigenvalue weighted by Crippen LogP contribution is 2.23. The lowest BCUT2D eigenvalue weighted by atomic mass is 9.98. The van der Waals surface area contributed by atoms with Crippen LogP contribution in [0.15, 0.2) is 53.9 Å². The number of nitrogens with zero attached hydrogens (tertiary/aromatic N) is 5. The maximum absolute atomic E-state index is 13.0. The van der Waals surface area contributed by atoms with Crippen molar-refractivity contribution in [2.24, 2.45) is 5.92 Å². The molecule has 31 heavy (non-hydrogen) atoms. The maximum atomic E-state index is 13.0. The summed E-state index contributed by atoms with van der Waals surface area (Å²) in [7, 11) is -3.23. The van der Waals surface area contributed by atoms with Gasteiger partial charge in [-0.25, -0.2) is 32.7 Å². The Morgan fingerprint density at radius 3 is 2.26 bits per heavy atom. The summed E-state index contributed by atoms with van der Waals surface area (Å²) in [5.41, 5.74) is 1.42. The van der Waals surface area contributed by atoms with E-state index in [0.717, 1.165) is 31.5 Å². The van der Waals surface area contributed by atoms with Gasteiger partial charge in [0, 0.05) is 24.9 Å². The van der Waals surface area contributed by atoms with E-state index >= 15 is 0 Å². The number of sulfone groups is 1. The van der Waals surface area contributed by atoms with Gasteiger partial charge in [-0.15, -0.1) is 0 Å². The van der Waals surface area contributed by atoms with Crippen LogP contribution in [0.5, 0.6) is 5.88 Å². The molecule has 3 aromatic rings. The summed E-state index contributed by atoms with van der Waals surface area (Å²) >= 11 is 0.